The second-order valence-corrected chi connectivity index (χ2v) is 8.51. The first-order valence-corrected chi connectivity index (χ1v) is 10.0. The van der Waals surface area contributed by atoms with Crippen LogP contribution in [0.25, 0.3) is 10.9 Å². The molecular weight excluding hydrogens is 359 g/mol. The number of ether oxygens (including phenoxy) is 2. The summed E-state index contributed by atoms with van der Waals surface area (Å²) in [5.74, 6) is -0.0420. The summed E-state index contributed by atoms with van der Waals surface area (Å²) in [4.78, 5) is 14.3. The Balaban J connectivity index is 1.88. The number of aryl methyl sites for hydroxylation is 1. The second kappa shape index (κ2) is 8.52. The van der Waals surface area contributed by atoms with Crippen LogP contribution in [-0.4, -0.2) is 48.0 Å². The van der Waals surface area contributed by atoms with Gasteiger partial charge < -0.3 is 18.9 Å². The maximum Gasteiger partial charge on any atom is 0.410 e. The molecule has 1 aliphatic heterocycles. The molecule has 1 amide bonds. The van der Waals surface area contributed by atoms with Crippen molar-refractivity contribution in [1.82, 2.24) is 9.47 Å². The molecule has 3 rings (SSSR count). The van der Waals surface area contributed by atoms with Crippen LogP contribution in [0.3, 0.4) is 0 Å². The smallest absolute Gasteiger partial charge is 0.410 e. The Morgan fingerprint density at radius 2 is 2.11 bits per heavy atom. The van der Waals surface area contributed by atoms with Crippen molar-refractivity contribution in [3.8, 4) is 0 Å². The topological polar surface area (TPSA) is 43.7 Å². The molecule has 1 aromatic heterocycles. The summed E-state index contributed by atoms with van der Waals surface area (Å²) < 4.78 is 27.4. The fraction of sp³-hybridized carbons (Fsp3) is 0.591. The molecular formula is C22H31FN2O3. The van der Waals surface area contributed by atoms with E-state index in [0.29, 0.717) is 25.1 Å². The van der Waals surface area contributed by atoms with Gasteiger partial charge in [-0.25, -0.2) is 9.18 Å². The van der Waals surface area contributed by atoms with Crippen molar-refractivity contribution in [2.45, 2.75) is 58.1 Å². The summed E-state index contributed by atoms with van der Waals surface area (Å²) in [7, 11) is 1.69. The molecule has 1 saturated heterocycles. The summed E-state index contributed by atoms with van der Waals surface area (Å²) in [6.07, 6.45) is 2.46. The third kappa shape index (κ3) is 4.66. The van der Waals surface area contributed by atoms with Crippen LogP contribution in [0.4, 0.5) is 9.18 Å². The van der Waals surface area contributed by atoms with Crippen LogP contribution in [0.15, 0.2) is 24.3 Å². The van der Waals surface area contributed by atoms with E-state index < -0.39 is 5.60 Å². The Labute approximate surface area is 166 Å². The Kier molecular flexibility index (Phi) is 6.28. The van der Waals surface area contributed by atoms with Crippen molar-refractivity contribution >= 4 is 17.0 Å². The van der Waals surface area contributed by atoms with Crippen LogP contribution < -0.4 is 0 Å². The minimum atomic E-state index is -0.512. The second-order valence-electron chi connectivity index (χ2n) is 8.51. The molecule has 0 spiro atoms. The van der Waals surface area contributed by atoms with Crippen molar-refractivity contribution in [2.75, 3.05) is 26.8 Å². The fourth-order valence-corrected chi connectivity index (χ4v) is 3.93. The molecule has 154 valence electrons. The van der Waals surface area contributed by atoms with E-state index in [4.69, 9.17) is 9.47 Å². The van der Waals surface area contributed by atoms with Crippen molar-refractivity contribution in [1.29, 1.82) is 0 Å². The van der Waals surface area contributed by atoms with Crippen LogP contribution in [0.1, 0.15) is 51.6 Å². The Bertz CT molecular complexity index is 825. The van der Waals surface area contributed by atoms with Gasteiger partial charge in [-0.2, -0.15) is 0 Å². The summed E-state index contributed by atoms with van der Waals surface area (Å²) in [5, 5.41) is 0.643. The van der Waals surface area contributed by atoms with Gasteiger partial charge in [-0.3, -0.25) is 0 Å². The number of methoxy groups -OCH3 is 1. The van der Waals surface area contributed by atoms with Gasteiger partial charge in [-0.1, -0.05) is 6.07 Å². The molecule has 0 saturated carbocycles. The number of benzene rings is 1. The van der Waals surface area contributed by atoms with Gasteiger partial charge in [0.2, 0.25) is 0 Å². The maximum absolute atomic E-state index is 14.4. The van der Waals surface area contributed by atoms with Crippen LogP contribution in [0, 0.1) is 5.82 Å². The van der Waals surface area contributed by atoms with Crippen molar-refractivity contribution < 1.29 is 18.7 Å². The number of likely N-dealkylation sites (tertiary alicyclic amines) is 1. The molecule has 1 atom stereocenters. The molecule has 2 heterocycles. The van der Waals surface area contributed by atoms with Gasteiger partial charge in [0.15, 0.2) is 0 Å². The van der Waals surface area contributed by atoms with Crippen molar-refractivity contribution in [3.05, 3.63) is 35.8 Å². The summed E-state index contributed by atoms with van der Waals surface area (Å²) >= 11 is 0. The van der Waals surface area contributed by atoms with Crippen LogP contribution in [0.2, 0.25) is 0 Å². The van der Waals surface area contributed by atoms with Gasteiger partial charge in [0.1, 0.15) is 11.4 Å². The Morgan fingerprint density at radius 3 is 2.82 bits per heavy atom. The number of amides is 1. The lowest BCUT2D eigenvalue weighted by atomic mass is 9.94. The minimum Gasteiger partial charge on any atom is -0.444 e. The molecule has 1 fully saturated rings. The van der Waals surface area contributed by atoms with Gasteiger partial charge in [-0.05, 0) is 58.2 Å². The zero-order chi connectivity index (χ0) is 20.3. The number of halogens is 1. The van der Waals surface area contributed by atoms with E-state index in [-0.39, 0.29) is 17.8 Å². The van der Waals surface area contributed by atoms with Crippen LogP contribution in [-0.2, 0) is 16.0 Å². The highest BCUT2D eigenvalue weighted by Gasteiger charge is 2.30. The zero-order valence-electron chi connectivity index (χ0n) is 17.3. The Hall–Kier alpha value is -2.08. The zero-order valence-corrected chi connectivity index (χ0v) is 17.3. The first-order valence-electron chi connectivity index (χ1n) is 10.0. The molecule has 0 aliphatic carbocycles. The van der Waals surface area contributed by atoms with Crippen LogP contribution in [0.5, 0.6) is 0 Å². The normalized spacial score (nSPS) is 17.9. The molecule has 1 aliphatic rings. The van der Waals surface area contributed by atoms with Gasteiger partial charge in [0.05, 0.1) is 5.52 Å². The van der Waals surface area contributed by atoms with Gasteiger partial charge in [0, 0.05) is 50.3 Å². The number of hydrogen-bond acceptors (Lipinski definition) is 3. The quantitative estimate of drug-likeness (QED) is 0.680. The highest BCUT2D eigenvalue weighted by atomic mass is 19.1. The van der Waals surface area contributed by atoms with E-state index in [1.54, 1.807) is 18.1 Å². The van der Waals surface area contributed by atoms with Gasteiger partial charge in [0.25, 0.3) is 0 Å². The number of nitrogens with zero attached hydrogens (tertiary/aromatic N) is 2. The van der Waals surface area contributed by atoms with E-state index in [1.807, 2.05) is 32.9 Å². The monoisotopic (exact) mass is 390 g/mol. The SMILES string of the molecule is COCCCn1c(C2CCCN(C(=O)OC(C)(C)C)C2)cc2c(F)cccc21. The van der Waals surface area contributed by atoms with Crippen molar-refractivity contribution in [2.24, 2.45) is 0 Å². The van der Waals surface area contributed by atoms with Gasteiger partial charge in [-0.15, -0.1) is 0 Å². The van der Waals surface area contributed by atoms with E-state index >= 15 is 0 Å². The summed E-state index contributed by atoms with van der Waals surface area (Å²) in [5.41, 5.74) is 1.48. The molecule has 6 heteroatoms. The average molecular weight is 390 g/mol. The summed E-state index contributed by atoms with van der Waals surface area (Å²) in [6.45, 7) is 8.34. The molecule has 1 aromatic carbocycles. The number of carbonyl (C=O) groups is 1. The van der Waals surface area contributed by atoms with E-state index in [0.717, 1.165) is 37.0 Å². The van der Waals surface area contributed by atoms with Crippen molar-refractivity contribution in [3.63, 3.8) is 0 Å². The number of fused-ring (bicyclic) bond motifs is 1. The first kappa shape index (κ1) is 20.6. The molecule has 28 heavy (non-hydrogen) atoms. The predicted molar refractivity (Wildman–Crippen MR) is 108 cm³/mol. The number of rotatable bonds is 5. The maximum atomic E-state index is 14.4. The molecule has 0 N–H and O–H groups in total. The number of carbonyl (C=O) groups excluding carboxylic acids is 1. The molecule has 2 aromatic rings. The Morgan fingerprint density at radius 1 is 1.32 bits per heavy atom. The number of aromatic nitrogens is 1. The number of piperidine rings is 1. The molecule has 0 radical (unpaired) electrons. The highest BCUT2D eigenvalue weighted by Crippen LogP contribution is 2.33. The average Bonchev–Trinajstić information content (AvgIpc) is 3.01. The molecule has 0 bridgehead atoms. The lowest BCUT2D eigenvalue weighted by Crippen LogP contribution is -2.42. The number of hydrogen-bond donors (Lipinski definition) is 0. The molecule has 1 unspecified atom stereocenters. The third-order valence-electron chi connectivity index (χ3n) is 5.15. The van der Waals surface area contributed by atoms with E-state index in [2.05, 4.69) is 4.57 Å². The largest absolute Gasteiger partial charge is 0.444 e. The lowest BCUT2D eigenvalue weighted by molar-refractivity contribution is 0.0196. The van der Waals surface area contributed by atoms with E-state index in [9.17, 15) is 9.18 Å². The summed E-state index contributed by atoms with van der Waals surface area (Å²) in [6, 6.07) is 7.17. The molecule has 5 nitrogen and oxygen atoms in total. The standard InChI is InChI=1S/C22H31FN2O3/c1-22(2,3)28-21(26)24-11-6-8-16(15-24)20-14-17-18(23)9-5-10-19(17)25(20)12-7-13-27-4/h5,9-10,14,16H,6-8,11-13,15H2,1-4H3. The predicted octanol–water partition coefficient (Wildman–Crippen LogP) is 4.93. The lowest BCUT2D eigenvalue weighted by Gasteiger charge is -2.34. The van der Waals surface area contributed by atoms with Crippen LogP contribution >= 0.6 is 0 Å². The minimum absolute atomic E-state index is 0.163. The van der Waals surface area contributed by atoms with Gasteiger partial charge >= 0.3 is 6.09 Å². The first-order chi connectivity index (χ1) is 13.3. The fourth-order valence-electron chi connectivity index (χ4n) is 3.93. The third-order valence-corrected chi connectivity index (χ3v) is 5.15. The highest BCUT2D eigenvalue weighted by molar-refractivity contribution is 5.82. The van der Waals surface area contributed by atoms with E-state index in [1.165, 1.54) is 6.07 Å².